The fraction of sp³-hybridized carbons (Fsp3) is 0.444. The molecular formula is C18H24O2. The second-order valence-corrected chi connectivity index (χ2v) is 5.33. The number of terminal acetylenes is 1. The van der Waals surface area contributed by atoms with Crippen molar-refractivity contribution in [3.05, 3.63) is 41.5 Å². The molecule has 1 atom stereocenters. The Morgan fingerprint density at radius 1 is 1.30 bits per heavy atom. The summed E-state index contributed by atoms with van der Waals surface area (Å²) in [5.74, 6) is 3.61. The highest BCUT2D eigenvalue weighted by Crippen LogP contribution is 2.21. The Kier molecular flexibility index (Phi) is 6.35. The molecule has 0 fully saturated rings. The molecule has 0 aliphatic carbocycles. The van der Waals surface area contributed by atoms with Crippen LogP contribution in [0, 0.1) is 12.3 Å². The van der Waals surface area contributed by atoms with Crippen molar-refractivity contribution in [2.24, 2.45) is 0 Å². The van der Waals surface area contributed by atoms with Gasteiger partial charge in [0.15, 0.2) is 0 Å². The fourth-order valence-electron chi connectivity index (χ4n) is 1.79. The SMILES string of the molecule is C#CC(C)(CCC=C(C)C)OCc1ccc(OC)cc1. The van der Waals surface area contributed by atoms with Crippen molar-refractivity contribution < 1.29 is 9.47 Å². The van der Waals surface area contributed by atoms with Crippen molar-refractivity contribution in [2.45, 2.75) is 45.8 Å². The van der Waals surface area contributed by atoms with E-state index >= 15 is 0 Å². The zero-order valence-corrected chi connectivity index (χ0v) is 12.9. The number of rotatable bonds is 7. The minimum atomic E-state index is -0.522. The van der Waals surface area contributed by atoms with Crippen molar-refractivity contribution >= 4 is 0 Å². The Balaban J connectivity index is 2.55. The van der Waals surface area contributed by atoms with Gasteiger partial charge in [0.05, 0.1) is 13.7 Å². The summed E-state index contributed by atoms with van der Waals surface area (Å²) in [6, 6.07) is 7.84. The third-order valence-electron chi connectivity index (χ3n) is 3.20. The maximum absolute atomic E-state index is 5.91. The lowest BCUT2D eigenvalue weighted by Gasteiger charge is -2.24. The van der Waals surface area contributed by atoms with Gasteiger partial charge >= 0.3 is 0 Å². The number of benzene rings is 1. The van der Waals surface area contributed by atoms with Crippen molar-refractivity contribution in [1.82, 2.24) is 0 Å². The van der Waals surface area contributed by atoms with Gasteiger partial charge in [0, 0.05) is 0 Å². The van der Waals surface area contributed by atoms with Gasteiger partial charge in [0.1, 0.15) is 11.4 Å². The summed E-state index contributed by atoms with van der Waals surface area (Å²) in [4.78, 5) is 0. The molecule has 0 radical (unpaired) electrons. The molecule has 0 saturated heterocycles. The van der Waals surface area contributed by atoms with Crippen molar-refractivity contribution in [2.75, 3.05) is 7.11 Å². The normalized spacial score (nSPS) is 13.2. The number of allylic oxidation sites excluding steroid dienone is 2. The highest BCUT2D eigenvalue weighted by Gasteiger charge is 2.21. The maximum Gasteiger partial charge on any atom is 0.126 e. The van der Waals surface area contributed by atoms with Crippen LogP contribution in [0.5, 0.6) is 5.75 Å². The standard InChI is InChI=1S/C18H24O2/c1-6-18(4,13-7-8-15(2)3)20-14-16-9-11-17(19-5)12-10-16/h1,8-12H,7,13-14H2,2-5H3. The summed E-state index contributed by atoms with van der Waals surface area (Å²) in [5.41, 5.74) is 1.88. The van der Waals surface area contributed by atoms with Crippen LogP contribution >= 0.6 is 0 Å². The zero-order chi connectivity index (χ0) is 15.0. The van der Waals surface area contributed by atoms with Crippen LogP contribution in [0.1, 0.15) is 39.2 Å². The van der Waals surface area contributed by atoms with Gasteiger partial charge in [0.2, 0.25) is 0 Å². The Morgan fingerprint density at radius 3 is 2.45 bits per heavy atom. The molecule has 20 heavy (non-hydrogen) atoms. The summed E-state index contributed by atoms with van der Waals surface area (Å²) in [7, 11) is 1.66. The average Bonchev–Trinajstić information content (AvgIpc) is 2.45. The molecule has 0 bridgehead atoms. The molecule has 0 heterocycles. The van der Waals surface area contributed by atoms with Crippen LogP contribution < -0.4 is 4.74 Å². The first kappa shape index (κ1) is 16.3. The van der Waals surface area contributed by atoms with Crippen LogP contribution in [-0.2, 0) is 11.3 Å². The zero-order valence-electron chi connectivity index (χ0n) is 12.9. The van der Waals surface area contributed by atoms with E-state index in [4.69, 9.17) is 15.9 Å². The minimum Gasteiger partial charge on any atom is -0.497 e. The molecule has 2 nitrogen and oxygen atoms in total. The molecule has 0 amide bonds. The van der Waals surface area contributed by atoms with E-state index in [9.17, 15) is 0 Å². The Morgan fingerprint density at radius 2 is 1.95 bits per heavy atom. The third-order valence-corrected chi connectivity index (χ3v) is 3.20. The molecule has 0 spiro atoms. The van der Waals surface area contributed by atoms with E-state index in [-0.39, 0.29) is 0 Å². The van der Waals surface area contributed by atoms with Crippen molar-refractivity contribution in [3.8, 4) is 18.1 Å². The lowest BCUT2D eigenvalue weighted by atomic mass is 10.00. The Hall–Kier alpha value is -1.72. The lowest BCUT2D eigenvalue weighted by Crippen LogP contribution is -2.26. The lowest BCUT2D eigenvalue weighted by molar-refractivity contribution is -0.00438. The second kappa shape index (κ2) is 7.77. The molecule has 1 aromatic rings. The summed E-state index contributed by atoms with van der Waals surface area (Å²) in [5, 5.41) is 0. The highest BCUT2D eigenvalue weighted by atomic mass is 16.5. The van der Waals surface area contributed by atoms with Crippen LogP contribution in [0.25, 0.3) is 0 Å². The van der Waals surface area contributed by atoms with Crippen molar-refractivity contribution in [3.63, 3.8) is 0 Å². The first-order chi connectivity index (χ1) is 9.49. The van der Waals surface area contributed by atoms with Gasteiger partial charge < -0.3 is 9.47 Å². The Labute approximate surface area is 122 Å². The number of hydrogen-bond donors (Lipinski definition) is 0. The van der Waals surface area contributed by atoms with Crippen LogP contribution in [0.3, 0.4) is 0 Å². The molecule has 2 heteroatoms. The van der Waals surface area contributed by atoms with Gasteiger partial charge in [-0.1, -0.05) is 29.7 Å². The largest absolute Gasteiger partial charge is 0.497 e. The molecule has 0 aromatic heterocycles. The van der Waals surface area contributed by atoms with Gasteiger partial charge in [-0.05, 0) is 51.3 Å². The van der Waals surface area contributed by atoms with Crippen LogP contribution in [0.4, 0.5) is 0 Å². The molecule has 1 aromatic carbocycles. The predicted octanol–water partition coefficient (Wildman–Crippen LogP) is 4.35. The molecule has 108 valence electrons. The molecule has 0 aliphatic heterocycles. The number of ether oxygens (including phenoxy) is 2. The third kappa shape index (κ3) is 5.50. The van der Waals surface area contributed by atoms with Gasteiger partial charge in [-0.25, -0.2) is 0 Å². The van der Waals surface area contributed by atoms with E-state index in [1.54, 1.807) is 7.11 Å². The van der Waals surface area contributed by atoms with Gasteiger partial charge in [0.25, 0.3) is 0 Å². The smallest absolute Gasteiger partial charge is 0.126 e. The summed E-state index contributed by atoms with van der Waals surface area (Å²) >= 11 is 0. The van der Waals surface area contributed by atoms with E-state index in [0.29, 0.717) is 6.61 Å². The maximum atomic E-state index is 5.91. The summed E-state index contributed by atoms with van der Waals surface area (Å²) in [6.45, 7) is 6.66. The fourth-order valence-corrected chi connectivity index (χ4v) is 1.79. The highest BCUT2D eigenvalue weighted by molar-refractivity contribution is 5.26. The van der Waals surface area contributed by atoms with Crippen LogP contribution in [0.2, 0.25) is 0 Å². The van der Waals surface area contributed by atoms with E-state index in [1.807, 2.05) is 31.2 Å². The molecule has 1 unspecified atom stereocenters. The quantitative estimate of drug-likeness (QED) is 0.542. The van der Waals surface area contributed by atoms with Crippen LogP contribution in [-0.4, -0.2) is 12.7 Å². The molecular weight excluding hydrogens is 248 g/mol. The van der Waals surface area contributed by atoms with Gasteiger partial charge in [-0.15, -0.1) is 6.42 Å². The summed E-state index contributed by atoms with van der Waals surface area (Å²) in [6.07, 6.45) is 9.57. The molecule has 1 rings (SSSR count). The second-order valence-electron chi connectivity index (χ2n) is 5.33. The monoisotopic (exact) mass is 272 g/mol. The Bertz CT molecular complexity index is 475. The molecule has 0 aliphatic rings. The average molecular weight is 272 g/mol. The topological polar surface area (TPSA) is 18.5 Å². The van der Waals surface area contributed by atoms with E-state index < -0.39 is 5.60 Å². The first-order valence-electron chi connectivity index (χ1n) is 6.87. The van der Waals surface area contributed by atoms with Gasteiger partial charge in [-0.3, -0.25) is 0 Å². The first-order valence-corrected chi connectivity index (χ1v) is 6.87. The molecule has 0 saturated carbocycles. The van der Waals surface area contributed by atoms with E-state index in [1.165, 1.54) is 5.57 Å². The van der Waals surface area contributed by atoms with Gasteiger partial charge in [-0.2, -0.15) is 0 Å². The van der Waals surface area contributed by atoms with E-state index in [2.05, 4.69) is 25.8 Å². The van der Waals surface area contributed by atoms with Crippen molar-refractivity contribution in [1.29, 1.82) is 0 Å². The minimum absolute atomic E-state index is 0.513. The summed E-state index contributed by atoms with van der Waals surface area (Å²) < 4.78 is 11.0. The number of methoxy groups -OCH3 is 1. The number of hydrogen-bond acceptors (Lipinski definition) is 2. The van der Waals surface area contributed by atoms with Crippen LogP contribution in [0.15, 0.2) is 35.9 Å². The molecule has 0 N–H and O–H groups in total. The predicted molar refractivity (Wildman–Crippen MR) is 83.7 cm³/mol. The van der Waals surface area contributed by atoms with E-state index in [0.717, 1.165) is 24.2 Å².